The van der Waals surface area contributed by atoms with E-state index < -0.39 is 5.97 Å². The van der Waals surface area contributed by atoms with Crippen LogP contribution in [-0.4, -0.2) is 15.7 Å². The van der Waals surface area contributed by atoms with Crippen molar-refractivity contribution in [2.75, 3.05) is 0 Å². The van der Waals surface area contributed by atoms with Gasteiger partial charge in [-0.3, -0.25) is 4.79 Å². The van der Waals surface area contributed by atoms with E-state index in [-0.39, 0.29) is 11.1 Å². The molecule has 0 aliphatic heterocycles. The molecule has 30 heavy (non-hydrogen) atoms. The lowest BCUT2D eigenvalue weighted by atomic mass is 10.1. The average Bonchev–Trinajstić information content (AvgIpc) is 2.78. The standard InChI is InChI=1S/C25H28N2O3/c1-3-4-5-6-7-8-9-16-22-19(2)24(28)20-14-10-11-17-23(20)27(22)30-25(29)21-15-12-13-18-26-21/h8-15,17-18H,3-7,16H2,1-2H3/b9-8+. The van der Waals surface area contributed by atoms with Crippen LogP contribution in [-0.2, 0) is 6.42 Å². The molecule has 5 heteroatoms. The van der Waals surface area contributed by atoms with Crippen molar-refractivity contribution in [2.24, 2.45) is 0 Å². The van der Waals surface area contributed by atoms with E-state index in [0.717, 1.165) is 12.8 Å². The Morgan fingerprint density at radius 2 is 1.87 bits per heavy atom. The van der Waals surface area contributed by atoms with Crippen molar-refractivity contribution < 1.29 is 9.63 Å². The first-order chi connectivity index (χ1) is 14.6. The third-order valence-corrected chi connectivity index (χ3v) is 5.14. The lowest BCUT2D eigenvalue weighted by Gasteiger charge is -2.17. The van der Waals surface area contributed by atoms with E-state index in [1.54, 1.807) is 43.5 Å². The maximum atomic E-state index is 12.9. The minimum atomic E-state index is -0.561. The van der Waals surface area contributed by atoms with Gasteiger partial charge in [0.15, 0.2) is 11.1 Å². The molecule has 0 aliphatic rings. The maximum Gasteiger partial charge on any atom is 0.381 e. The van der Waals surface area contributed by atoms with E-state index in [1.165, 1.54) is 24.0 Å². The number of aromatic nitrogens is 2. The number of unbranched alkanes of at least 4 members (excludes halogenated alkanes) is 4. The number of fused-ring (bicyclic) bond motifs is 1. The number of allylic oxidation sites excluding steroid dienone is 2. The highest BCUT2D eigenvalue weighted by molar-refractivity contribution is 5.88. The van der Waals surface area contributed by atoms with Crippen LogP contribution in [0.3, 0.4) is 0 Å². The van der Waals surface area contributed by atoms with E-state index in [4.69, 9.17) is 4.84 Å². The topological polar surface area (TPSA) is 61.2 Å². The first-order valence-electron chi connectivity index (χ1n) is 10.6. The summed E-state index contributed by atoms with van der Waals surface area (Å²) in [5.41, 5.74) is 2.01. The fourth-order valence-corrected chi connectivity index (χ4v) is 3.43. The van der Waals surface area contributed by atoms with Crippen LogP contribution in [0.2, 0.25) is 0 Å². The number of carbonyl (C=O) groups excluding carboxylic acids is 1. The van der Waals surface area contributed by atoms with Crippen molar-refractivity contribution in [3.63, 3.8) is 0 Å². The summed E-state index contributed by atoms with van der Waals surface area (Å²) in [7, 11) is 0. The third kappa shape index (κ3) is 5.03. The molecule has 0 atom stereocenters. The van der Waals surface area contributed by atoms with Gasteiger partial charge >= 0.3 is 5.97 Å². The van der Waals surface area contributed by atoms with E-state index in [2.05, 4.69) is 18.0 Å². The molecule has 0 bridgehead atoms. The van der Waals surface area contributed by atoms with Crippen LogP contribution in [0.5, 0.6) is 0 Å². The smallest absolute Gasteiger partial charge is 0.329 e. The largest absolute Gasteiger partial charge is 0.381 e. The predicted molar refractivity (Wildman–Crippen MR) is 120 cm³/mol. The molecule has 0 radical (unpaired) electrons. The summed E-state index contributed by atoms with van der Waals surface area (Å²) in [6.07, 6.45) is 12.1. The molecule has 0 amide bonds. The minimum Gasteiger partial charge on any atom is -0.329 e. The van der Waals surface area contributed by atoms with Crippen LogP contribution in [0.15, 0.2) is 65.6 Å². The van der Waals surface area contributed by atoms with Crippen molar-refractivity contribution >= 4 is 16.9 Å². The molecule has 0 unspecified atom stereocenters. The van der Waals surface area contributed by atoms with E-state index in [9.17, 15) is 9.59 Å². The molecule has 0 saturated heterocycles. The Labute approximate surface area is 177 Å². The van der Waals surface area contributed by atoms with Gasteiger partial charge in [-0.2, -0.15) is 4.73 Å². The highest BCUT2D eigenvalue weighted by Gasteiger charge is 2.18. The van der Waals surface area contributed by atoms with E-state index in [0.29, 0.717) is 28.6 Å². The van der Waals surface area contributed by atoms with Gasteiger partial charge in [0, 0.05) is 23.6 Å². The maximum absolute atomic E-state index is 12.9. The lowest BCUT2D eigenvalue weighted by molar-refractivity contribution is 0.0461. The summed E-state index contributed by atoms with van der Waals surface area (Å²) < 4.78 is 1.49. The van der Waals surface area contributed by atoms with Crippen LogP contribution in [0.1, 0.15) is 60.8 Å². The average molecular weight is 405 g/mol. The minimum absolute atomic E-state index is 0.0397. The van der Waals surface area contributed by atoms with Crippen LogP contribution in [0.4, 0.5) is 0 Å². The number of rotatable bonds is 9. The number of hydrogen-bond acceptors (Lipinski definition) is 4. The third-order valence-electron chi connectivity index (χ3n) is 5.14. The summed E-state index contributed by atoms with van der Waals surface area (Å²) in [5, 5.41) is 0.524. The highest BCUT2D eigenvalue weighted by Crippen LogP contribution is 2.17. The Hall–Kier alpha value is -3.21. The normalized spacial score (nSPS) is 11.3. The molecule has 0 aliphatic carbocycles. The van der Waals surface area contributed by atoms with Crippen molar-refractivity contribution in [2.45, 2.75) is 52.4 Å². The second-order valence-electron chi connectivity index (χ2n) is 7.33. The fraction of sp³-hybridized carbons (Fsp3) is 0.320. The van der Waals surface area contributed by atoms with Gasteiger partial charge in [-0.05, 0) is 44.0 Å². The Morgan fingerprint density at radius 3 is 2.63 bits per heavy atom. The number of carbonyl (C=O) groups is 1. The highest BCUT2D eigenvalue weighted by atomic mass is 16.7. The Bertz CT molecular complexity index is 1080. The second-order valence-corrected chi connectivity index (χ2v) is 7.33. The van der Waals surface area contributed by atoms with Crippen molar-refractivity contribution in [3.05, 3.63) is 88.0 Å². The second kappa shape index (κ2) is 10.5. The van der Waals surface area contributed by atoms with Gasteiger partial charge in [0.1, 0.15) is 0 Å². The zero-order valence-corrected chi connectivity index (χ0v) is 17.6. The molecule has 0 fully saturated rings. The molecular formula is C25H28N2O3. The summed E-state index contributed by atoms with van der Waals surface area (Å²) in [6.45, 7) is 3.98. The summed E-state index contributed by atoms with van der Waals surface area (Å²) in [6, 6.07) is 12.3. The van der Waals surface area contributed by atoms with Crippen molar-refractivity contribution in [1.29, 1.82) is 0 Å². The molecule has 3 aromatic rings. The molecule has 2 heterocycles. The van der Waals surface area contributed by atoms with Gasteiger partial charge in [0.05, 0.1) is 11.2 Å². The molecule has 0 N–H and O–H groups in total. The Morgan fingerprint density at radius 1 is 1.07 bits per heavy atom. The predicted octanol–water partition coefficient (Wildman–Crippen LogP) is 5.04. The molecule has 0 saturated carbocycles. The van der Waals surface area contributed by atoms with E-state index in [1.807, 2.05) is 18.2 Å². The first kappa shape index (κ1) is 21.5. The molecule has 3 rings (SSSR count). The first-order valence-corrected chi connectivity index (χ1v) is 10.6. The molecule has 156 valence electrons. The molecule has 0 spiro atoms. The summed E-state index contributed by atoms with van der Waals surface area (Å²) in [4.78, 5) is 35.4. The SMILES string of the molecule is CCCCCC/C=C/Cc1c(C)c(=O)c2ccccc2n1OC(=O)c1ccccn1. The van der Waals surface area contributed by atoms with Gasteiger partial charge in [0.2, 0.25) is 0 Å². The van der Waals surface area contributed by atoms with Gasteiger partial charge in [0.25, 0.3) is 0 Å². The van der Waals surface area contributed by atoms with Crippen molar-refractivity contribution in [3.8, 4) is 0 Å². The van der Waals surface area contributed by atoms with Gasteiger partial charge < -0.3 is 4.84 Å². The van der Waals surface area contributed by atoms with Gasteiger partial charge in [-0.15, -0.1) is 0 Å². The zero-order valence-electron chi connectivity index (χ0n) is 17.6. The zero-order chi connectivity index (χ0) is 21.3. The van der Waals surface area contributed by atoms with Gasteiger partial charge in [-0.1, -0.05) is 56.5 Å². The monoisotopic (exact) mass is 404 g/mol. The lowest BCUT2D eigenvalue weighted by Crippen LogP contribution is -2.28. The molecule has 5 nitrogen and oxygen atoms in total. The number of para-hydroxylation sites is 1. The number of hydrogen-bond donors (Lipinski definition) is 0. The summed E-state index contributed by atoms with van der Waals surface area (Å²) >= 11 is 0. The number of benzene rings is 1. The van der Waals surface area contributed by atoms with Crippen LogP contribution in [0, 0.1) is 6.92 Å². The fourth-order valence-electron chi connectivity index (χ4n) is 3.43. The van der Waals surface area contributed by atoms with E-state index >= 15 is 0 Å². The van der Waals surface area contributed by atoms with Crippen LogP contribution in [0.25, 0.3) is 10.9 Å². The summed E-state index contributed by atoms with van der Waals surface area (Å²) in [5.74, 6) is -0.561. The number of pyridine rings is 2. The Balaban J connectivity index is 1.93. The molecule has 2 aromatic heterocycles. The molecule has 1 aromatic carbocycles. The van der Waals surface area contributed by atoms with Crippen molar-refractivity contribution in [1.82, 2.24) is 9.71 Å². The Kier molecular flexibility index (Phi) is 7.55. The molecular weight excluding hydrogens is 376 g/mol. The number of nitrogens with zero attached hydrogens (tertiary/aromatic N) is 2. The van der Waals surface area contributed by atoms with Crippen LogP contribution < -0.4 is 10.3 Å². The van der Waals surface area contributed by atoms with Gasteiger partial charge in [-0.25, -0.2) is 9.78 Å². The van der Waals surface area contributed by atoms with Crippen LogP contribution >= 0.6 is 0 Å². The quantitative estimate of drug-likeness (QED) is 0.370.